The van der Waals surface area contributed by atoms with Crippen LogP contribution in [0.2, 0.25) is 0 Å². The van der Waals surface area contributed by atoms with Gasteiger partial charge in [-0.1, -0.05) is 45.0 Å². The van der Waals surface area contributed by atoms with Gasteiger partial charge in [-0.05, 0) is 97.1 Å². The smallest absolute Gasteiger partial charge is 0.0936 e. The van der Waals surface area contributed by atoms with E-state index in [1.807, 2.05) is 0 Å². The third kappa shape index (κ3) is 3.35. The van der Waals surface area contributed by atoms with Crippen LogP contribution in [0.4, 0.5) is 0 Å². The molecular weight excluding hydrogens is 444 g/mol. The Balaban J connectivity index is 1.58. The Bertz CT molecular complexity index is 1830. The summed E-state index contributed by atoms with van der Waals surface area (Å²) in [5.74, 6) is 7.11. The standard InChI is InChI=1S/C32H32N2S/c1-6-35(7-2,8-3)16-14-26-19-25-18-23-10-12-27-28(30(23)21-32(25)34(26)5)11-9-22-17-24-13-15-33(4)31(24)20-29(22)27/h9-13,15,17-21H,6-8H2,1-5H3. The van der Waals surface area contributed by atoms with E-state index in [4.69, 9.17) is 0 Å². The number of aromatic nitrogens is 2. The van der Waals surface area contributed by atoms with Gasteiger partial charge in [0.25, 0.3) is 0 Å². The lowest BCUT2D eigenvalue weighted by Crippen LogP contribution is -2.06. The van der Waals surface area contributed by atoms with Gasteiger partial charge in [0.1, 0.15) is 0 Å². The molecule has 0 N–H and O–H groups in total. The summed E-state index contributed by atoms with van der Waals surface area (Å²) in [5, 5.41) is 14.1. The van der Waals surface area contributed by atoms with E-state index in [-0.39, 0.29) is 0 Å². The maximum absolute atomic E-state index is 3.72. The first-order valence-corrected chi connectivity index (χ1v) is 14.7. The summed E-state index contributed by atoms with van der Waals surface area (Å²) in [6.45, 7) is 6.88. The van der Waals surface area contributed by atoms with Crippen LogP contribution < -0.4 is 0 Å². The molecule has 0 aliphatic rings. The quantitative estimate of drug-likeness (QED) is 0.180. The molecule has 0 fully saturated rings. The van der Waals surface area contributed by atoms with E-state index in [2.05, 4.69) is 122 Å². The number of benzene rings is 4. The molecule has 0 saturated heterocycles. The molecule has 2 aromatic heterocycles. The molecule has 0 spiro atoms. The van der Waals surface area contributed by atoms with Crippen molar-refractivity contribution in [1.29, 1.82) is 0 Å². The van der Waals surface area contributed by atoms with Crippen LogP contribution in [0.3, 0.4) is 0 Å². The molecule has 4 aromatic carbocycles. The summed E-state index contributed by atoms with van der Waals surface area (Å²) in [6.07, 6.45) is 2.14. The topological polar surface area (TPSA) is 9.86 Å². The Morgan fingerprint density at radius 1 is 0.629 bits per heavy atom. The minimum absolute atomic E-state index is 0.841. The largest absolute Gasteiger partial charge is 0.351 e. The van der Waals surface area contributed by atoms with E-state index >= 15 is 0 Å². The number of nitrogens with zero attached hydrogens (tertiary/aromatic N) is 2. The lowest BCUT2D eigenvalue weighted by molar-refractivity contribution is 0.952. The van der Waals surface area contributed by atoms with Crippen molar-refractivity contribution in [3.8, 4) is 11.2 Å². The van der Waals surface area contributed by atoms with E-state index in [1.165, 1.54) is 71.4 Å². The second kappa shape index (κ2) is 8.11. The van der Waals surface area contributed by atoms with Gasteiger partial charge in [0.05, 0.1) is 5.69 Å². The third-order valence-corrected chi connectivity index (χ3v) is 11.9. The van der Waals surface area contributed by atoms with Gasteiger partial charge < -0.3 is 9.13 Å². The summed E-state index contributed by atoms with van der Waals surface area (Å²) < 4.78 is 4.48. The molecule has 0 aliphatic carbocycles. The van der Waals surface area contributed by atoms with Gasteiger partial charge in [0.15, 0.2) is 0 Å². The second-order valence-corrected chi connectivity index (χ2v) is 13.7. The number of rotatable bonds is 3. The zero-order chi connectivity index (χ0) is 24.3. The Morgan fingerprint density at radius 3 is 1.86 bits per heavy atom. The fourth-order valence-electron chi connectivity index (χ4n) is 5.58. The van der Waals surface area contributed by atoms with E-state index in [9.17, 15) is 0 Å². The Hall–Kier alpha value is -3.35. The van der Waals surface area contributed by atoms with Gasteiger partial charge in [0, 0.05) is 42.1 Å². The second-order valence-electron chi connectivity index (χ2n) is 9.64. The van der Waals surface area contributed by atoms with Crippen molar-refractivity contribution in [2.24, 2.45) is 14.1 Å². The molecule has 0 amide bonds. The average molecular weight is 477 g/mol. The molecule has 0 bridgehead atoms. The minimum atomic E-state index is -0.841. The van der Waals surface area contributed by atoms with Crippen LogP contribution in [0.25, 0.3) is 54.1 Å². The highest BCUT2D eigenvalue weighted by atomic mass is 32.3. The van der Waals surface area contributed by atoms with Crippen molar-refractivity contribution < 1.29 is 0 Å². The first kappa shape index (κ1) is 22.1. The van der Waals surface area contributed by atoms with Crippen molar-refractivity contribution in [1.82, 2.24) is 9.13 Å². The van der Waals surface area contributed by atoms with Crippen LogP contribution in [0.5, 0.6) is 0 Å². The predicted octanol–water partition coefficient (Wildman–Crippen LogP) is 8.30. The molecule has 6 rings (SSSR count). The van der Waals surface area contributed by atoms with Crippen molar-refractivity contribution in [3.05, 3.63) is 72.6 Å². The maximum atomic E-state index is 3.72. The van der Waals surface area contributed by atoms with Crippen LogP contribution >= 0.6 is 10.0 Å². The molecule has 176 valence electrons. The first-order chi connectivity index (χ1) is 17.0. The number of aryl methyl sites for hydroxylation is 2. The van der Waals surface area contributed by atoms with Gasteiger partial charge in [0.2, 0.25) is 0 Å². The van der Waals surface area contributed by atoms with E-state index < -0.39 is 10.0 Å². The highest BCUT2D eigenvalue weighted by Crippen LogP contribution is 2.45. The summed E-state index contributed by atoms with van der Waals surface area (Å²) >= 11 is 0. The molecule has 3 heteroatoms. The predicted molar refractivity (Wildman–Crippen MR) is 158 cm³/mol. The zero-order valence-corrected chi connectivity index (χ0v) is 22.1. The van der Waals surface area contributed by atoms with Gasteiger partial charge in [-0.15, -0.1) is 0 Å². The molecule has 2 heterocycles. The fourth-order valence-corrected chi connectivity index (χ4v) is 7.56. The lowest BCUT2D eigenvalue weighted by Gasteiger charge is -2.30. The molecule has 35 heavy (non-hydrogen) atoms. The SMILES string of the molecule is CCS(C#Cc1cc2cc3ccc4c5cc6c(ccn6C)cc5ccc4c3cc2n1C)(CC)CC. The summed E-state index contributed by atoms with van der Waals surface area (Å²) in [6, 6.07) is 23.0. The Kier molecular flexibility index (Phi) is 5.13. The van der Waals surface area contributed by atoms with Crippen LogP contribution in [0.15, 0.2) is 66.9 Å². The van der Waals surface area contributed by atoms with E-state index in [0.717, 1.165) is 5.69 Å². The van der Waals surface area contributed by atoms with Crippen molar-refractivity contribution >= 4 is 64.2 Å². The summed E-state index contributed by atoms with van der Waals surface area (Å²) in [7, 11) is 3.44. The van der Waals surface area contributed by atoms with Gasteiger partial charge >= 0.3 is 0 Å². The summed E-state index contributed by atoms with van der Waals surface area (Å²) in [4.78, 5) is 0. The highest BCUT2D eigenvalue weighted by Gasteiger charge is 2.15. The normalized spacial score (nSPS) is 12.7. The molecule has 6 aromatic rings. The van der Waals surface area contributed by atoms with Crippen LogP contribution in [-0.4, -0.2) is 26.4 Å². The maximum Gasteiger partial charge on any atom is 0.0936 e. The van der Waals surface area contributed by atoms with Gasteiger partial charge in [-0.3, -0.25) is 0 Å². The van der Waals surface area contributed by atoms with Crippen molar-refractivity contribution in [2.75, 3.05) is 17.3 Å². The van der Waals surface area contributed by atoms with Crippen molar-refractivity contribution in [3.63, 3.8) is 0 Å². The summed E-state index contributed by atoms with van der Waals surface area (Å²) in [5.41, 5.74) is 3.64. The van der Waals surface area contributed by atoms with Crippen molar-refractivity contribution in [2.45, 2.75) is 20.8 Å². The van der Waals surface area contributed by atoms with Crippen LogP contribution in [-0.2, 0) is 14.1 Å². The molecule has 0 radical (unpaired) electrons. The third-order valence-electron chi connectivity index (χ3n) is 8.05. The molecule has 2 nitrogen and oxygen atoms in total. The molecule has 0 saturated carbocycles. The molecule has 0 unspecified atom stereocenters. The van der Waals surface area contributed by atoms with E-state index in [1.54, 1.807) is 0 Å². The molecular formula is C32H32N2S. The number of hydrogen-bond acceptors (Lipinski definition) is 0. The van der Waals surface area contributed by atoms with Gasteiger partial charge in [-0.2, -0.15) is 10.0 Å². The molecule has 0 atom stereocenters. The van der Waals surface area contributed by atoms with E-state index in [0.29, 0.717) is 0 Å². The zero-order valence-electron chi connectivity index (χ0n) is 21.3. The monoisotopic (exact) mass is 476 g/mol. The fraction of sp³-hybridized carbons (Fsp3) is 0.250. The highest BCUT2D eigenvalue weighted by molar-refractivity contribution is 8.37. The Morgan fingerprint density at radius 2 is 1.23 bits per heavy atom. The van der Waals surface area contributed by atoms with Gasteiger partial charge in [-0.25, -0.2) is 0 Å². The van der Waals surface area contributed by atoms with Crippen LogP contribution in [0, 0.1) is 11.2 Å². The first-order valence-electron chi connectivity index (χ1n) is 12.6. The minimum Gasteiger partial charge on any atom is -0.351 e. The number of hydrogen-bond donors (Lipinski definition) is 0. The number of fused-ring (bicyclic) bond motifs is 7. The lowest BCUT2D eigenvalue weighted by atomic mass is 9.95. The van der Waals surface area contributed by atoms with Crippen LogP contribution in [0.1, 0.15) is 26.5 Å². The average Bonchev–Trinajstić information content (AvgIpc) is 3.40. The Labute approximate surface area is 208 Å². The molecule has 0 aliphatic heterocycles.